The summed E-state index contributed by atoms with van der Waals surface area (Å²) in [4.78, 5) is 13.3. The van der Waals surface area contributed by atoms with E-state index in [9.17, 15) is 17.6 Å². The van der Waals surface area contributed by atoms with Crippen molar-refractivity contribution in [2.75, 3.05) is 19.5 Å². The number of benzene rings is 2. The molecule has 0 aliphatic carbocycles. The minimum absolute atomic E-state index is 0.0286. The van der Waals surface area contributed by atoms with Crippen LogP contribution in [0.5, 0.6) is 0 Å². The van der Waals surface area contributed by atoms with Crippen molar-refractivity contribution in [2.24, 2.45) is 5.92 Å². The van der Waals surface area contributed by atoms with Crippen molar-refractivity contribution in [3.63, 3.8) is 0 Å². The summed E-state index contributed by atoms with van der Waals surface area (Å²) in [6.45, 7) is 5.93. The highest BCUT2D eigenvalue weighted by atomic mass is 32.2. The Morgan fingerprint density at radius 1 is 1.14 bits per heavy atom. The van der Waals surface area contributed by atoms with Crippen LogP contribution in [-0.2, 0) is 19.4 Å². The third-order valence-electron chi connectivity index (χ3n) is 6.28. The molecule has 0 spiro atoms. The summed E-state index contributed by atoms with van der Waals surface area (Å²) in [7, 11) is -3.36. The minimum atomic E-state index is -3.36. The number of esters is 1. The number of aliphatic hydroxyl groups excluding tert-OH is 1. The average Bonchev–Trinajstić information content (AvgIpc) is 3.15. The SMILES string of the molecule is CCC(C)C(C(=O)OCCCO)c1cc(-c2ccc(S(C)(=O)=O)cc2)n(-c2cccc(F)c2)c1C. The molecule has 0 aliphatic heterocycles. The largest absolute Gasteiger partial charge is 0.465 e. The van der Waals surface area contributed by atoms with Gasteiger partial charge in [0.1, 0.15) is 5.82 Å². The van der Waals surface area contributed by atoms with Crippen LogP contribution in [0.25, 0.3) is 16.9 Å². The number of rotatable bonds is 10. The molecule has 35 heavy (non-hydrogen) atoms. The smallest absolute Gasteiger partial charge is 0.313 e. The third-order valence-corrected chi connectivity index (χ3v) is 7.41. The molecule has 0 bridgehead atoms. The van der Waals surface area contributed by atoms with Gasteiger partial charge in [0, 0.05) is 30.7 Å². The monoisotopic (exact) mass is 501 g/mol. The number of carbonyl (C=O) groups excluding carboxylic acids is 1. The molecular weight excluding hydrogens is 469 g/mol. The first kappa shape index (κ1) is 26.6. The highest BCUT2D eigenvalue weighted by molar-refractivity contribution is 7.90. The van der Waals surface area contributed by atoms with Crippen LogP contribution in [0.4, 0.5) is 4.39 Å². The maximum absolute atomic E-state index is 14.2. The van der Waals surface area contributed by atoms with Crippen molar-refractivity contribution < 1.29 is 27.4 Å². The molecule has 2 atom stereocenters. The Kier molecular flexibility index (Phi) is 8.51. The quantitative estimate of drug-likeness (QED) is 0.310. The zero-order chi connectivity index (χ0) is 25.8. The Morgan fingerprint density at radius 3 is 2.40 bits per heavy atom. The molecule has 0 radical (unpaired) electrons. The van der Waals surface area contributed by atoms with Crippen LogP contribution >= 0.6 is 0 Å². The van der Waals surface area contributed by atoms with Gasteiger partial charge in [0.05, 0.1) is 23.1 Å². The van der Waals surface area contributed by atoms with Gasteiger partial charge in [-0.3, -0.25) is 4.79 Å². The Balaban J connectivity index is 2.20. The van der Waals surface area contributed by atoms with Crippen LogP contribution in [0, 0.1) is 18.7 Å². The highest BCUT2D eigenvalue weighted by Gasteiger charge is 2.32. The average molecular weight is 502 g/mol. The topological polar surface area (TPSA) is 85.6 Å². The normalized spacial score (nSPS) is 13.4. The zero-order valence-corrected chi connectivity index (χ0v) is 21.3. The number of hydrogen-bond donors (Lipinski definition) is 1. The maximum Gasteiger partial charge on any atom is 0.313 e. The molecule has 3 aromatic rings. The molecule has 188 valence electrons. The number of aromatic nitrogens is 1. The van der Waals surface area contributed by atoms with Crippen molar-refractivity contribution in [3.8, 4) is 16.9 Å². The van der Waals surface area contributed by atoms with Crippen molar-refractivity contribution in [1.82, 2.24) is 4.57 Å². The third kappa shape index (κ3) is 6.00. The van der Waals surface area contributed by atoms with E-state index < -0.39 is 21.6 Å². The summed E-state index contributed by atoms with van der Waals surface area (Å²) in [5.74, 6) is -1.34. The lowest BCUT2D eigenvalue weighted by molar-refractivity contribution is -0.147. The van der Waals surface area contributed by atoms with Crippen LogP contribution in [0.1, 0.15) is 43.9 Å². The van der Waals surface area contributed by atoms with Crippen molar-refractivity contribution in [2.45, 2.75) is 44.4 Å². The first-order valence-corrected chi connectivity index (χ1v) is 13.5. The molecule has 6 nitrogen and oxygen atoms in total. The van der Waals surface area contributed by atoms with E-state index in [1.165, 1.54) is 24.3 Å². The Morgan fingerprint density at radius 2 is 1.83 bits per heavy atom. The lowest BCUT2D eigenvalue weighted by atomic mass is 9.85. The summed E-state index contributed by atoms with van der Waals surface area (Å²) in [6, 6.07) is 14.6. The van der Waals surface area contributed by atoms with Gasteiger partial charge in [0.25, 0.3) is 0 Å². The van der Waals surface area contributed by atoms with Gasteiger partial charge in [-0.15, -0.1) is 0 Å². The van der Waals surface area contributed by atoms with Crippen LogP contribution in [-0.4, -0.2) is 43.5 Å². The zero-order valence-electron chi connectivity index (χ0n) is 20.5. The molecule has 0 saturated carbocycles. The number of aliphatic hydroxyl groups is 1. The van der Waals surface area contributed by atoms with E-state index in [4.69, 9.17) is 9.84 Å². The van der Waals surface area contributed by atoms with Gasteiger partial charge in [-0.1, -0.05) is 38.5 Å². The second kappa shape index (κ2) is 11.2. The van der Waals surface area contributed by atoms with Gasteiger partial charge in [0.15, 0.2) is 9.84 Å². The van der Waals surface area contributed by atoms with Gasteiger partial charge in [0.2, 0.25) is 0 Å². The van der Waals surface area contributed by atoms with E-state index >= 15 is 0 Å². The fourth-order valence-electron chi connectivity index (χ4n) is 4.20. The van der Waals surface area contributed by atoms with Crippen LogP contribution < -0.4 is 0 Å². The molecule has 0 aliphatic rings. The van der Waals surface area contributed by atoms with E-state index in [1.807, 2.05) is 31.4 Å². The number of hydrogen-bond acceptors (Lipinski definition) is 5. The van der Waals surface area contributed by atoms with Gasteiger partial charge >= 0.3 is 5.97 Å². The molecule has 0 saturated heterocycles. The molecule has 2 aromatic carbocycles. The first-order chi connectivity index (χ1) is 16.6. The standard InChI is InChI=1S/C27H32FNO5S/c1-5-18(2)26(27(31)34-15-7-14-30)24-17-25(20-10-12-23(13-11-20)35(4,32)33)29(19(24)3)22-9-6-8-21(28)16-22/h6,8-13,16-18,26,30H,5,7,14-15H2,1-4H3. The predicted molar refractivity (Wildman–Crippen MR) is 134 cm³/mol. The van der Waals surface area contributed by atoms with Gasteiger partial charge in [-0.2, -0.15) is 0 Å². The molecule has 3 rings (SSSR count). The van der Waals surface area contributed by atoms with Gasteiger partial charge in [-0.25, -0.2) is 12.8 Å². The van der Waals surface area contributed by atoms with E-state index in [0.717, 1.165) is 29.5 Å². The van der Waals surface area contributed by atoms with E-state index in [2.05, 4.69) is 0 Å². The maximum atomic E-state index is 14.2. The number of carbonyl (C=O) groups is 1. The summed E-state index contributed by atoms with van der Waals surface area (Å²) < 4.78 is 45.4. The van der Waals surface area contributed by atoms with Gasteiger partial charge in [-0.05, 0) is 60.4 Å². The van der Waals surface area contributed by atoms with E-state index in [1.54, 1.807) is 24.3 Å². The fraction of sp³-hybridized carbons (Fsp3) is 0.370. The first-order valence-electron chi connectivity index (χ1n) is 11.6. The minimum Gasteiger partial charge on any atom is -0.465 e. The summed E-state index contributed by atoms with van der Waals surface area (Å²) in [5.41, 5.74) is 3.56. The molecule has 1 aromatic heterocycles. The van der Waals surface area contributed by atoms with Gasteiger partial charge < -0.3 is 14.4 Å². The number of ether oxygens (including phenoxy) is 1. The second-order valence-corrected chi connectivity index (χ2v) is 10.8. The molecular formula is C27H32FNO5S. The van der Waals surface area contributed by atoms with E-state index in [-0.39, 0.29) is 30.0 Å². The predicted octanol–water partition coefficient (Wildman–Crippen LogP) is 5.05. The molecule has 0 amide bonds. The number of nitrogens with zero attached hydrogens (tertiary/aromatic N) is 1. The van der Waals surface area contributed by atoms with Crippen LogP contribution in [0.2, 0.25) is 0 Å². The van der Waals surface area contributed by atoms with Crippen molar-refractivity contribution >= 4 is 15.8 Å². The molecule has 1 N–H and O–H groups in total. The number of sulfone groups is 1. The molecule has 2 unspecified atom stereocenters. The summed E-state index contributed by atoms with van der Waals surface area (Å²) in [6.07, 6.45) is 2.25. The Bertz CT molecular complexity index is 1280. The molecule has 1 heterocycles. The second-order valence-electron chi connectivity index (χ2n) is 8.79. The summed E-state index contributed by atoms with van der Waals surface area (Å²) in [5, 5.41) is 9.06. The Hall–Kier alpha value is -2.97. The van der Waals surface area contributed by atoms with Crippen molar-refractivity contribution in [1.29, 1.82) is 0 Å². The number of halogens is 1. The lowest BCUT2D eigenvalue weighted by Crippen LogP contribution is -2.23. The highest BCUT2D eigenvalue weighted by Crippen LogP contribution is 2.38. The Labute approximate surface area is 206 Å². The van der Waals surface area contributed by atoms with Crippen LogP contribution in [0.3, 0.4) is 0 Å². The fourth-order valence-corrected chi connectivity index (χ4v) is 4.83. The van der Waals surface area contributed by atoms with Crippen molar-refractivity contribution in [3.05, 3.63) is 71.7 Å². The lowest BCUT2D eigenvalue weighted by Gasteiger charge is -2.22. The van der Waals surface area contributed by atoms with Crippen LogP contribution in [0.15, 0.2) is 59.5 Å². The molecule has 0 fully saturated rings. The summed E-state index contributed by atoms with van der Waals surface area (Å²) >= 11 is 0. The van der Waals surface area contributed by atoms with E-state index in [0.29, 0.717) is 17.8 Å². The molecule has 8 heteroatoms.